The molecule has 0 atom stereocenters. The van der Waals surface area contributed by atoms with E-state index in [1.165, 1.54) is 0 Å². The van der Waals surface area contributed by atoms with Crippen LogP contribution < -0.4 is 5.32 Å². The number of fused-ring (bicyclic) bond motifs is 1. The summed E-state index contributed by atoms with van der Waals surface area (Å²) in [6.07, 6.45) is 2.43. The maximum absolute atomic E-state index is 8.88. The van der Waals surface area contributed by atoms with Gasteiger partial charge in [0.05, 0.1) is 0 Å². The predicted octanol–water partition coefficient (Wildman–Crippen LogP) is 0.503. The van der Waals surface area contributed by atoms with Gasteiger partial charge in [0, 0.05) is 13.5 Å². The number of aryl methyl sites for hydroxylation is 1. The van der Waals surface area contributed by atoms with Crippen LogP contribution in [0, 0.1) is 6.92 Å². The standard InChI is InChI=1S/C10H13N5.H3O4P/c1-4-5-7-14-9(11-3)8-10(15-7)13-6(2)12-8;1-5(2,3)4/h4H,1,5H2,2-3H3,(H2,11,12,13,14,15);(H3,1,2,3,4). The van der Waals surface area contributed by atoms with E-state index in [1.807, 2.05) is 14.0 Å². The summed E-state index contributed by atoms with van der Waals surface area (Å²) < 4.78 is 8.88. The van der Waals surface area contributed by atoms with E-state index in [2.05, 4.69) is 31.8 Å². The SMILES string of the molecule is C=CCc1nc(NC)c2[nH]c(C)nc2n1.O=P(O)(O)O. The summed E-state index contributed by atoms with van der Waals surface area (Å²) in [5, 5.41) is 3.03. The summed E-state index contributed by atoms with van der Waals surface area (Å²) in [6.45, 7) is 5.57. The van der Waals surface area contributed by atoms with Crippen LogP contribution in [-0.4, -0.2) is 41.7 Å². The summed E-state index contributed by atoms with van der Waals surface area (Å²) in [6, 6.07) is 0. The fourth-order valence-electron chi connectivity index (χ4n) is 1.46. The van der Waals surface area contributed by atoms with Crippen molar-refractivity contribution in [2.45, 2.75) is 13.3 Å². The molecule has 0 bridgehead atoms. The van der Waals surface area contributed by atoms with Crippen LogP contribution in [0.25, 0.3) is 11.2 Å². The predicted molar refractivity (Wildman–Crippen MR) is 74.1 cm³/mol. The lowest BCUT2D eigenvalue weighted by Gasteiger charge is -2.02. The molecule has 5 N–H and O–H groups in total. The van der Waals surface area contributed by atoms with Gasteiger partial charge in [0.2, 0.25) is 0 Å². The molecule has 0 aliphatic heterocycles. The van der Waals surface area contributed by atoms with E-state index in [0.717, 1.165) is 23.0 Å². The Morgan fingerprint density at radius 3 is 2.45 bits per heavy atom. The van der Waals surface area contributed by atoms with Crippen molar-refractivity contribution in [3.63, 3.8) is 0 Å². The summed E-state index contributed by atoms with van der Waals surface area (Å²) in [5.41, 5.74) is 1.55. The second-order valence-electron chi connectivity index (χ2n) is 3.77. The van der Waals surface area contributed by atoms with Crippen molar-refractivity contribution in [3.8, 4) is 0 Å². The highest BCUT2D eigenvalue weighted by atomic mass is 31.2. The van der Waals surface area contributed by atoms with Crippen molar-refractivity contribution in [2.75, 3.05) is 12.4 Å². The largest absolute Gasteiger partial charge is 0.466 e. The maximum Gasteiger partial charge on any atom is 0.466 e. The van der Waals surface area contributed by atoms with Gasteiger partial charge in [-0.2, -0.15) is 0 Å². The second kappa shape index (κ2) is 6.58. The van der Waals surface area contributed by atoms with Crippen LogP contribution in [0.5, 0.6) is 0 Å². The molecule has 9 nitrogen and oxygen atoms in total. The minimum atomic E-state index is -4.64. The van der Waals surface area contributed by atoms with Gasteiger partial charge >= 0.3 is 7.82 Å². The zero-order chi connectivity index (χ0) is 15.3. The maximum atomic E-state index is 8.88. The Morgan fingerprint density at radius 1 is 1.35 bits per heavy atom. The van der Waals surface area contributed by atoms with Gasteiger partial charge in [-0.05, 0) is 6.92 Å². The molecule has 0 radical (unpaired) electrons. The minimum Gasteiger partial charge on any atom is -0.371 e. The molecule has 0 unspecified atom stereocenters. The number of hydrogen-bond donors (Lipinski definition) is 5. The Labute approximate surface area is 115 Å². The Bertz CT molecular complexity index is 642. The topological polar surface area (TPSA) is 144 Å². The normalized spacial score (nSPS) is 10.8. The molecule has 20 heavy (non-hydrogen) atoms. The smallest absolute Gasteiger partial charge is 0.371 e. The van der Waals surface area contributed by atoms with E-state index in [4.69, 9.17) is 19.2 Å². The highest BCUT2D eigenvalue weighted by Gasteiger charge is 2.09. The Balaban J connectivity index is 0.000000347. The molecular formula is C10H16N5O4P. The van der Waals surface area contributed by atoms with E-state index in [0.29, 0.717) is 12.1 Å². The van der Waals surface area contributed by atoms with Crippen molar-refractivity contribution < 1.29 is 19.2 Å². The molecule has 2 heterocycles. The molecule has 0 aliphatic carbocycles. The van der Waals surface area contributed by atoms with Crippen molar-refractivity contribution in [1.29, 1.82) is 0 Å². The number of H-pyrrole nitrogens is 1. The monoisotopic (exact) mass is 301 g/mol. The molecule has 110 valence electrons. The lowest BCUT2D eigenvalue weighted by molar-refractivity contribution is 0.275. The van der Waals surface area contributed by atoms with E-state index in [9.17, 15) is 0 Å². The van der Waals surface area contributed by atoms with Gasteiger partial charge < -0.3 is 25.0 Å². The average Bonchev–Trinajstić information content (AvgIpc) is 2.66. The molecule has 2 rings (SSSR count). The van der Waals surface area contributed by atoms with Crippen LogP contribution in [0.3, 0.4) is 0 Å². The zero-order valence-electron chi connectivity index (χ0n) is 11.0. The van der Waals surface area contributed by atoms with E-state index >= 15 is 0 Å². The van der Waals surface area contributed by atoms with Gasteiger partial charge in [-0.25, -0.2) is 19.5 Å². The molecule has 0 amide bonds. The van der Waals surface area contributed by atoms with Crippen LogP contribution in [0.2, 0.25) is 0 Å². The second-order valence-corrected chi connectivity index (χ2v) is 4.79. The van der Waals surface area contributed by atoms with Crippen LogP contribution in [0.4, 0.5) is 5.82 Å². The summed E-state index contributed by atoms with van der Waals surface area (Å²) in [5.74, 6) is 2.34. The van der Waals surface area contributed by atoms with Gasteiger partial charge in [-0.15, -0.1) is 6.58 Å². The number of hydrogen-bond acceptors (Lipinski definition) is 5. The summed E-state index contributed by atoms with van der Waals surface area (Å²) in [4.78, 5) is 37.7. The number of rotatable bonds is 3. The molecule has 0 saturated heterocycles. The highest BCUT2D eigenvalue weighted by molar-refractivity contribution is 7.45. The zero-order valence-corrected chi connectivity index (χ0v) is 11.9. The van der Waals surface area contributed by atoms with Gasteiger partial charge in [-0.3, -0.25) is 0 Å². The Kier molecular flexibility index (Phi) is 5.34. The van der Waals surface area contributed by atoms with Crippen LogP contribution in [0.1, 0.15) is 11.6 Å². The molecule has 0 fully saturated rings. The third-order valence-corrected chi connectivity index (χ3v) is 2.08. The number of nitrogens with one attached hydrogen (secondary N) is 2. The van der Waals surface area contributed by atoms with Gasteiger partial charge in [0.15, 0.2) is 11.5 Å². The lowest BCUT2D eigenvalue weighted by atomic mass is 10.4. The van der Waals surface area contributed by atoms with Gasteiger partial charge in [0.25, 0.3) is 0 Å². The van der Waals surface area contributed by atoms with Crippen molar-refractivity contribution in [1.82, 2.24) is 19.9 Å². The lowest BCUT2D eigenvalue weighted by Crippen LogP contribution is -2.00. The molecule has 0 aromatic carbocycles. The number of aromatic nitrogens is 4. The fraction of sp³-hybridized carbons (Fsp3) is 0.300. The first-order valence-corrected chi connectivity index (χ1v) is 7.11. The number of anilines is 1. The molecule has 10 heteroatoms. The fourth-order valence-corrected chi connectivity index (χ4v) is 1.46. The van der Waals surface area contributed by atoms with E-state index in [1.54, 1.807) is 6.08 Å². The third kappa shape index (κ3) is 5.06. The van der Waals surface area contributed by atoms with Crippen molar-refractivity contribution in [2.24, 2.45) is 0 Å². The first-order valence-electron chi connectivity index (χ1n) is 5.54. The average molecular weight is 301 g/mol. The number of imidazole rings is 1. The van der Waals surface area contributed by atoms with Gasteiger partial charge in [-0.1, -0.05) is 6.08 Å². The number of nitrogens with zero attached hydrogens (tertiary/aromatic N) is 3. The first kappa shape index (κ1) is 16.3. The Hall–Kier alpha value is -1.80. The first-order chi connectivity index (χ1) is 9.24. The summed E-state index contributed by atoms with van der Waals surface area (Å²) >= 11 is 0. The molecule has 0 aliphatic rings. The highest BCUT2D eigenvalue weighted by Crippen LogP contribution is 2.25. The molecule has 0 saturated carbocycles. The molecule has 0 spiro atoms. The van der Waals surface area contributed by atoms with Crippen LogP contribution in [-0.2, 0) is 11.0 Å². The summed E-state index contributed by atoms with van der Waals surface area (Å²) in [7, 11) is -2.81. The van der Waals surface area contributed by atoms with E-state index < -0.39 is 7.82 Å². The number of allylic oxidation sites excluding steroid dienone is 1. The molecule has 2 aromatic heterocycles. The molecular weight excluding hydrogens is 285 g/mol. The quantitative estimate of drug-likeness (QED) is 0.407. The van der Waals surface area contributed by atoms with Crippen LogP contribution in [0.15, 0.2) is 12.7 Å². The number of phosphoric acid groups is 1. The van der Waals surface area contributed by atoms with Gasteiger partial charge in [0.1, 0.15) is 17.2 Å². The van der Waals surface area contributed by atoms with Crippen LogP contribution >= 0.6 is 7.82 Å². The minimum absolute atomic E-state index is 0.649. The number of aromatic amines is 1. The Morgan fingerprint density at radius 2 is 1.95 bits per heavy atom. The van der Waals surface area contributed by atoms with Crippen molar-refractivity contribution in [3.05, 3.63) is 24.3 Å². The third-order valence-electron chi connectivity index (χ3n) is 2.08. The van der Waals surface area contributed by atoms with E-state index in [-0.39, 0.29) is 0 Å². The van der Waals surface area contributed by atoms with Crippen molar-refractivity contribution >= 4 is 24.8 Å². The molecule has 2 aromatic rings.